The number of halogens is 2. The van der Waals surface area contributed by atoms with Crippen molar-refractivity contribution in [2.24, 2.45) is 16.7 Å². The minimum Gasteiger partial charge on any atom is -0.438 e. The summed E-state index contributed by atoms with van der Waals surface area (Å²) in [4.78, 5) is 49.9. The molecule has 24 nitrogen and oxygen atoms in total. The molecule has 2 fully saturated rings. The maximum Gasteiger partial charge on any atom is 0.478 e. The predicted molar refractivity (Wildman–Crippen MR) is 222 cm³/mol. The first kappa shape index (κ1) is 50.1. The van der Waals surface area contributed by atoms with E-state index in [0.29, 0.717) is 12.8 Å². The Bertz CT molecular complexity index is 2410. The van der Waals surface area contributed by atoms with E-state index in [9.17, 15) is 18.7 Å². The highest BCUT2D eigenvalue weighted by Gasteiger charge is 2.53. The smallest absolute Gasteiger partial charge is 0.438 e. The van der Waals surface area contributed by atoms with Crippen LogP contribution in [0.2, 0.25) is 0 Å². The average molecular weight is 963 g/mol. The van der Waals surface area contributed by atoms with Crippen molar-refractivity contribution in [1.82, 2.24) is 39.0 Å². The van der Waals surface area contributed by atoms with Gasteiger partial charge in [0, 0.05) is 13.0 Å². The number of nitrogen functional groups attached to an aromatic ring is 2. The monoisotopic (exact) mass is 962 g/mol. The molecule has 0 saturated carbocycles. The van der Waals surface area contributed by atoms with Crippen LogP contribution < -0.4 is 11.5 Å². The zero-order valence-electron chi connectivity index (χ0n) is 37.0. The fourth-order valence-corrected chi connectivity index (χ4v) is 8.78. The first-order valence-electron chi connectivity index (χ1n) is 20.4. The Hall–Kier alpha value is -4.36. The van der Waals surface area contributed by atoms with Crippen molar-refractivity contribution < 1.29 is 73.8 Å². The van der Waals surface area contributed by atoms with E-state index < -0.39 is 120 Å². The van der Waals surface area contributed by atoms with Gasteiger partial charge in [-0.25, -0.2) is 47.8 Å². The Labute approximate surface area is 371 Å². The number of alkyl halides is 2. The van der Waals surface area contributed by atoms with Gasteiger partial charge in [-0.05, 0) is 40.5 Å². The van der Waals surface area contributed by atoms with Gasteiger partial charge >= 0.3 is 27.4 Å². The molecule has 4 aromatic rings. The number of hydrogen-bond donors (Lipinski definition) is 2. The summed E-state index contributed by atoms with van der Waals surface area (Å²) in [6, 6.07) is 0. The molecule has 0 bridgehead atoms. The average Bonchev–Trinajstić information content (AvgIpc) is 4.04. The number of phosphoric ester groups is 1. The number of imidazole rings is 2. The van der Waals surface area contributed by atoms with E-state index in [1.54, 1.807) is 41.5 Å². The molecule has 4 N–H and O–H groups in total. The second-order valence-electron chi connectivity index (χ2n) is 16.5. The van der Waals surface area contributed by atoms with Crippen LogP contribution in [-0.4, -0.2) is 122 Å². The lowest BCUT2D eigenvalue weighted by Gasteiger charge is -2.27. The minimum absolute atomic E-state index is 0.0256. The summed E-state index contributed by atoms with van der Waals surface area (Å²) in [5, 5.41) is 0. The zero-order valence-corrected chi connectivity index (χ0v) is 38.8. The standard InChI is InChI=1S/C37H54F2N10O14P2/c1-9-36(4,5)34(50)55-17-59-64(52,19-54-8)57-12-22-27(24(39)33(62-22)49-16-47-26-29(41)43-14-45-31(26)49)63-65(53,60-18-56-35(51)37(6,7)10-2)58-11-21-20(3)23(38)32(61-21)48-15-46-25-28(40)42-13-44-30(25)48/h13-16,20-24,27,32-33H,9-12,17-19H2,1-8H3,(H2,40,42,44)(H2,41,43,45)/t20-,21-,22-,23-,24-,27-,32-,33-,64?,65?/m1/s1. The van der Waals surface area contributed by atoms with Gasteiger partial charge in [0.2, 0.25) is 13.6 Å². The van der Waals surface area contributed by atoms with E-state index in [1.807, 2.05) is 0 Å². The lowest BCUT2D eigenvalue weighted by molar-refractivity contribution is -0.162. The van der Waals surface area contributed by atoms with Gasteiger partial charge in [-0.3, -0.25) is 36.9 Å². The van der Waals surface area contributed by atoms with Gasteiger partial charge in [-0.15, -0.1) is 0 Å². The molecule has 2 saturated heterocycles. The van der Waals surface area contributed by atoms with E-state index >= 15 is 8.78 Å². The first-order valence-corrected chi connectivity index (χ1v) is 23.6. The number of nitrogens with zero attached hydrogens (tertiary/aromatic N) is 8. The van der Waals surface area contributed by atoms with Crippen LogP contribution in [0.4, 0.5) is 20.4 Å². The van der Waals surface area contributed by atoms with Crippen LogP contribution in [0.1, 0.15) is 73.8 Å². The molecule has 2 unspecified atom stereocenters. The van der Waals surface area contributed by atoms with E-state index in [2.05, 4.69) is 29.9 Å². The SMILES string of the molecule is CCC(C)(C)C(=O)OCOP(=O)(COC)OC[C@H]1O[C@@H](n2cnc3c(N)ncnc32)[C@H](F)[C@@H]1OP(=O)(OCOC(=O)C(C)(C)CC)OC[C@H]1O[C@@H](n2cnc3c(N)ncnc32)[C@H](F)[C@@H]1C. The van der Waals surface area contributed by atoms with E-state index in [-0.39, 0.29) is 34.0 Å². The van der Waals surface area contributed by atoms with Crippen molar-refractivity contribution >= 4 is 61.3 Å². The summed E-state index contributed by atoms with van der Waals surface area (Å²) in [6.07, 6.45) is -6.74. The molecule has 65 heavy (non-hydrogen) atoms. The molecule has 28 heteroatoms. The van der Waals surface area contributed by atoms with Gasteiger partial charge in [0.05, 0.1) is 42.8 Å². The third kappa shape index (κ3) is 10.9. The number of phosphoric acid groups is 1. The lowest BCUT2D eigenvalue weighted by Crippen LogP contribution is -2.35. The number of fused-ring (bicyclic) bond motifs is 2. The summed E-state index contributed by atoms with van der Waals surface area (Å²) < 4.78 is 120. The maximum absolute atomic E-state index is 17.1. The summed E-state index contributed by atoms with van der Waals surface area (Å²) in [6.45, 7) is 8.32. The number of esters is 2. The molecule has 2 aliphatic heterocycles. The second-order valence-corrected chi connectivity index (χ2v) is 20.1. The molecule has 4 aromatic heterocycles. The molecule has 0 radical (unpaired) electrons. The lowest BCUT2D eigenvalue weighted by atomic mass is 9.91. The van der Waals surface area contributed by atoms with Gasteiger partial charge in [0.25, 0.3) is 0 Å². The number of aromatic nitrogens is 8. The van der Waals surface area contributed by atoms with Crippen LogP contribution in [0.3, 0.4) is 0 Å². The van der Waals surface area contributed by atoms with Crippen LogP contribution in [0.5, 0.6) is 0 Å². The van der Waals surface area contributed by atoms with Gasteiger partial charge < -0.3 is 39.7 Å². The Balaban J connectivity index is 1.27. The summed E-state index contributed by atoms with van der Waals surface area (Å²) in [5.74, 6) is -2.26. The number of ether oxygens (including phenoxy) is 5. The van der Waals surface area contributed by atoms with Gasteiger partial charge in [0.1, 0.15) is 42.2 Å². The number of rotatable bonds is 22. The van der Waals surface area contributed by atoms with Crippen molar-refractivity contribution in [3.05, 3.63) is 25.3 Å². The van der Waals surface area contributed by atoms with E-state index in [0.717, 1.165) is 6.33 Å². The Morgan fingerprint density at radius 3 is 1.75 bits per heavy atom. The zero-order chi connectivity index (χ0) is 47.5. The van der Waals surface area contributed by atoms with Crippen molar-refractivity contribution in [2.45, 2.75) is 104 Å². The second kappa shape index (κ2) is 20.2. The van der Waals surface area contributed by atoms with Crippen molar-refractivity contribution in [1.29, 1.82) is 0 Å². The van der Waals surface area contributed by atoms with Gasteiger partial charge in [-0.2, -0.15) is 0 Å². The Morgan fingerprint density at radius 1 is 0.738 bits per heavy atom. The Morgan fingerprint density at radius 2 is 1.23 bits per heavy atom. The number of nitrogens with two attached hydrogens (primary N) is 2. The molecule has 0 spiro atoms. The molecule has 360 valence electrons. The van der Waals surface area contributed by atoms with Gasteiger partial charge in [0.15, 0.2) is 47.7 Å². The Kier molecular flexibility index (Phi) is 15.6. The fourth-order valence-electron chi connectivity index (χ4n) is 6.40. The molecule has 0 amide bonds. The predicted octanol–water partition coefficient (Wildman–Crippen LogP) is 5.17. The maximum atomic E-state index is 17.1. The molecular weight excluding hydrogens is 908 g/mol. The molecule has 6 rings (SSSR count). The van der Waals surface area contributed by atoms with Crippen LogP contribution in [0, 0.1) is 16.7 Å². The summed E-state index contributed by atoms with van der Waals surface area (Å²) in [7, 11) is -8.25. The van der Waals surface area contributed by atoms with Crippen molar-refractivity contribution in [2.75, 3.05) is 51.7 Å². The van der Waals surface area contributed by atoms with Crippen LogP contribution in [0.25, 0.3) is 22.3 Å². The largest absolute Gasteiger partial charge is 0.478 e. The van der Waals surface area contributed by atoms with Gasteiger partial charge in [-0.1, -0.05) is 20.8 Å². The molecule has 0 aliphatic carbocycles. The molecule has 10 atom stereocenters. The van der Waals surface area contributed by atoms with E-state index in [4.69, 9.17) is 57.8 Å². The summed E-state index contributed by atoms with van der Waals surface area (Å²) >= 11 is 0. The quantitative estimate of drug-likeness (QED) is 0.0583. The number of anilines is 2. The topological polar surface area (TPSA) is 300 Å². The molecular formula is C37H54F2N10O14P2. The highest BCUT2D eigenvalue weighted by atomic mass is 31.2. The minimum atomic E-state index is -5.13. The van der Waals surface area contributed by atoms with Crippen molar-refractivity contribution in [3.8, 4) is 0 Å². The summed E-state index contributed by atoms with van der Waals surface area (Å²) in [5.41, 5.74) is 10.6. The molecule has 2 aliphatic rings. The number of carbonyl (C=O) groups is 2. The van der Waals surface area contributed by atoms with Crippen molar-refractivity contribution in [3.63, 3.8) is 0 Å². The number of hydrogen-bond acceptors (Lipinski definition) is 22. The highest BCUT2D eigenvalue weighted by Crippen LogP contribution is 2.56. The third-order valence-electron chi connectivity index (χ3n) is 11.3. The first-order chi connectivity index (χ1) is 30.7. The number of methoxy groups -OCH3 is 1. The molecule has 0 aromatic carbocycles. The van der Waals surface area contributed by atoms with Crippen LogP contribution in [-0.2, 0) is 65.0 Å². The third-order valence-corrected chi connectivity index (χ3v) is 14.4. The van der Waals surface area contributed by atoms with E-state index in [1.165, 1.54) is 42.1 Å². The normalized spacial score (nSPS) is 25.8. The van der Waals surface area contributed by atoms with Crippen LogP contribution in [0.15, 0.2) is 25.3 Å². The fraction of sp³-hybridized carbons (Fsp3) is 0.676. The number of carbonyl (C=O) groups excluding carboxylic acids is 2. The molecule has 6 heterocycles. The highest BCUT2D eigenvalue weighted by molar-refractivity contribution is 7.53. The van der Waals surface area contributed by atoms with Crippen LogP contribution >= 0.6 is 15.4 Å².